The maximum absolute atomic E-state index is 13.6. The van der Waals surface area contributed by atoms with Gasteiger partial charge >= 0.3 is 0 Å². The number of halogens is 1. The van der Waals surface area contributed by atoms with Crippen LogP contribution in [0.25, 0.3) is 0 Å². The van der Waals surface area contributed by atoms with Crippen LogP contribution in [-0.2, 0) is 16.4 Å². The Morgan fingerprint density at radius 1 is 1.12 bits per heavy atom. The molecule has 26 heavy (non-hydrogen) atoms. The molecule has 0 aliphatic heterocycles. The number of rotatable bonds is 8. The van der Waals surface area contributed by atoms with E-state index in [4.69, 9.17) is 0 Å². The van der Waals surface area contributed by atoms with Crippen LogP contribution in [0.4, 0.5) is 4.39 Å². The molecule has 1 amide bonds. The summed E-state index contributed by atoms with van der Waals surface area (Å²) in [5.74, 6) is -0.386. The fourth-order valence-corrected chi connectivity index (χ4v) is 3.39. The molecule has 7 heteroatoms. The van der Waals surface area contributed by atoms with E-state index in [-0.39, 0.29) is 35.1 Å². The molecule has 2 aromatic carbocycles. The second kappa shape index (κ2) is 8.91. The first kappa shape index (κ1) is 20.1. The van der Waals surface area contributed by atoms with Crippen LogP contribution in [-0.4, -0.2) is 27.4 Å². The molecule has 0 aliphatic rings. The van der Waals surface area contributed by atoms with E-state index in [0.29, 0.717) is 18.0 Å². The second-order valence-corrected chi connectivity index (χ2v) is 8.14. The molecule has 0 aliphatic carbocycles. The fraction of sp³-hybridized carbons (Fsp3) is 0.316. The van der Waals surface area contributed by atoms with E-state index in [0.717, 1.165) is 0 Å². The van der Waals surface area contributed by atoms with Gasteiger partial charge in [-0.3, -0.25) is 4.79 Å². The van der Waals surface area contributed by atoms with Crippen molar-refractivity contribution in [1.82, 2.24) is 10.0 Å². The Kier molecular flexibility index (Phi) is 6.88. The van der Waals surface area contributed by atoms with Gasteiger partial charge in [0.15, 0.2) is 0 Å². The summed E-state index contributed by atoms with van der Waals surface area (Å²) in [6, 6.07) is 12.1. The fourth-order valence-electron chi connectivity index (χ4n) is 2.31. The van der Waals surface area contributed by atoms with Crippen molar-refractivity contribution in [3.05, 3.63) is 65.5 Å². The lowest BCUT2D eigenvalue weighted by molar-refractivity contribution is 0.0949. The molecule has 2 rings (SSSR count). The van der Waals surface area contributed by atoms with Crippen LogP contribution < -0.4 is 10.0 Å². The summed E-state index contributed by atoms with van der Waals surface area (Å²) in [5, 5.41) is 2.75. The van der Waals surface area contributed by atoms with Crippen molar-refractivity contribution in [2.45, 2.75) is 25.2 Å². The lowest BCUT2D eigenvalue weighted by atomic mass is 10.1. The molecule has 0 radical (unpaired) electrons. The third-order valence-corrected chi connectivity index (χ3v) is 5.18. The average Bonchev–Trinajstić information content (AvgIpc) is 2.61. The maximum Gasteiger partial charge on any atom is 0.251 e. The molecule has 0 heterocycles. The molecule has 0 bridgehead atoms. The summed E-state index contributed by atoms with van der Waals surface area (Å²) in [5.41, 5.74) is 0.722. The maximum atomic E-state index is 13.6. The monoisotopic (exact) mass is 378 g/mol. The summed E-state index contributed by atoms with van der Waals surface area (Å²) in [6.07, 6.45) is 0.237. The van der Waals surface area contributed by atoms with Crippen molar-refractivity contribution >= 4 is 15.9 Å². The van der Waals surface area contributed by atoms with Gasteiger partial charge in [0.1, 0.15) is 5.82 Å². The Morgan fingerprint density at radius 3 is 2.54 bits per heavy atom. The number of sulfonamides is 1. The van der Waals surface area contributed by atoms with Crippen molar-refractivity contribution in [1.29, 1.82) is 0 Å². The van der Waals surface area contributed by atoms with Gasteiger partial charge in [-0.2, -0.15) is 0 Å². The first-order valence-corrected chi connectivity index (χ1v) is 9.89. The van der Waals surface area contributed by atoms with Gasteiger partial charge in [-0.05, 0) is 42.2 Å². The summed E-state index contributed by atoms with van der Waals surface area (Å²) in [6.45, 7) is 4.52. The molecular formula is C19H23FN2O3S. The van der Waals surface area contributed by atoms with E-state index < -0.39 is 10.0 Å². The molecule has 0 fully saturated rings. The number of hydrogen-bond acceptors (Lipinski definition) is 3. The van der Waals surface area contributed by atoms with Crippen LogP contribution in [0, 0.1) is 11.7 Å². The minimum atomic E-state index is -3.78. The number of nitrogens with one attached hydrogen (secondary N) is 2. The Morgan fingerprint density at radius 2 is 1.85 bits per heavy atom. The van der Waals surface area contributed by atoms with E-state index in [1.165, 1.54) is 24.3 Å². The van der Waals surface area contributed by atoms with E-state index >= 15 is 0 Å². The lowest BCUT2D eigenvalue weighted by Crippen LogP contribution is -2.28. The molecule has 2 aromatic rings. The van der Waals surface area contributed by atoms with Crippen LogP contribution in [0.1, 0.15) is 29.8 Å². The third kappa shape index (κ3) is 5.64. The average molecular weight is 378 g/mol. The van der Waals surface area contributed by atoms with Gasteiger partial charge in [-0.25, -0.2) is 17.5 Å². The first-order valence-electron chi connectivity index (χ1n) is 8.41. The minimum absolute atomic E-state index is 0.00299. The Balaban J connectivity index is 2.03. The largest absolute Gasteiger partial charge is 0.352 e. The zero-order valence-corrected chi connectivity index (χ0v) is 15.6. The van der Waals surface area contributed by atoms with Gasteiger partial charge in [0, 0.05) is 18.7 Å². The van der Waals surface area contributed by atoms with Gasteiger partial charge in [0.2, 0.25) is 10.0 Å². The standard InChI is InChI=1S/C19H23FN2O3S/c1-14(2)13-21-19(23)16-7-5-8-17(12-16)26(24,25)22-11-10-15-6-3-4-9-18(15)20/h3-9,12,14,22H,10-11,13H2,1-2H3,(H,21,23). The van der Waals surface area contributed by atoms with Crippen molar-refractivity contribution in [3.63, 3.8) is 0 Å². The number of amides is 1. The summed E-state index contributed by atoms with van der Waals surface area (Å²) >= 11 is 0. The van der Waals surface area contributed by atoms with Crippen molar-refractivity contribution in [2.75, 3.05) is 13.1 Å². The Hall–Kier alpha value is -2.25. The third-order valence-electron chi connectivity index (χ3n) is 3.72. The highest BCUT2D eigenvalue weighted by atomic mass is 32.2. The lowest BCUT2D eigenvalue weighted by Gasteiger charge is -2.10. The molecular weight excluding hydrogens is 355 g/mol. The minimum Gasteiger partial charge on any atom is -0.352 e. The van der Waals surface area contributed by atoms with Crippen molar-refractivity contribution < 1.29 is 17.6 Å². The van der Waals surface area contributed by atoms with E-state index in [1.807, 2.05) is 13.8 Å². The van der Waals surface area contributed by atoms with E-state index in [9.17, 15) is 17.6 Å². The highest BCUT2D eigenvalue weighted by Gasteiger charge is 2.16. The van der Waals surface area contributed by atoms with E-state index in [2.05, 4.69) is 10.0 Å². The predicted molar refractivity (Wildman–Crippen MR) is 98.9 cm³/mol. The quantitative estimate of drug-likeness (QED) is 0.742. The van der Waals surface area contributed by atoms with Gasteiger partial charge in [0.05, 0.1) is 4.90 Å². The highest BCUT2D eigenvalue weighted by molar-refractivity contribution is 7.89. The second-order valence-electron chi connectivity index (χ2n) is 6.37. The molecule has 0 saturated heterocycles. The summed E-state index contributed by atoms with van der Waals surface area (Å²) < 4.78 is 40.8. The van der Waals surface area contributed by atoms with Crippen molar-refractivity contribution in [3.8, 4) is 0 Å². The predicted octanol–water partition coefficient (Wildman–Crippen LogP) is 2.73. The Labute approximate surface area is 153 Å². The van der Waals surface area contributed by atoms with Gasteiger partial charge in [-0.1, -0.05) is 38.1 Å². The molecule has 0 saturated carbocycles. The summed E-state index contributed by atoms with van der Waals surface area (Å²) in [7, 11) is -3.78. The van der Waals surface area contributed by atoms with Crippen LogP contribution >= 0.6 is 0 Å². The highest BCUT2D eigenvalue weighted by Crippen LogP contribution is 2.12. The van der Waals surface area contributed by atoms with Crippen LogP contribution in [0.2, 0.25) is 0 Å². The number of benzene rings is 2. The zero-order valence-electron chi connectivity index (χ0n) is 14.8. The smallest absolute Gasteiger partial charge is 0.251 e. The van der Waals surface area contributed by atoms with E-state index in [1.54, 1.807) is 24.3 Å². The number of carbonyl (C=O) groups is 1. The van der Waals surface area contributed by atoms with Crippen LogP contribution in [0.5, 0.6) is 0 Å². The SMILES string of the molecule is CC(C)CNC(=O)c1cccc(S(=O)(=O)NCCc2ccccc2F)c1. The zero-order chi connectivity index (χ0) is 19.2. The van der Waals surface area contributed by atoms with Crippen LogP contribution in [0.15, 0.2) is 53.4 Å². The normalized spacial score (nSPS) is 11.5. The molecule has 0 atom stereocenters. The first-order chi connectivity index (χ1) is 12.3. The van der Waals surface area contributed by atoms with Gasteiger partial charge in [0.25, 0.3) is 5.91 Å². The summed E-state index contributed by atoms with van der Waals surface area (Å²) in [4.78, 5) is 12.1. The Bertz CT molecular complexity index is 867. The molecule has 0 spiro atoms. The molecule has 5 nitrogen and oxygen atoms in total. The molecule has 0 aromatic heterocycles. The van der Waals surface area contributed by atoms with Crippen LogP contribution in [0.3, 0.4) is 0 Å². The molecule has 2 N–H and O–H groups in total. The number of carbonyl (C=O) groups excluding carboxylic acids is 1. The topological polar surface area (TPSA) is 75.3 Å². The number of hydrogen-bond donors (Lipinski definition) is 2. The van der Waals surface area contributed by atoms with Gasteiger partial charge < -0.3 is 5.32 Å². The van der Waals surface area contributed by atoms with Gasteiger partial charge in [-0.15, -0.1) is 0 Å². The van der Waals surface area contributed by atoms with Crippen molar-refractivity contribution in [2.24, 2.45) is 5.92 Å². The molecule has 140 valence electrons. The molecule has 0 unspecified atom stereocenters.